The molecule has 0 saturated heterocycles. The first-order chi connectivity index (χ1) is 6.81. The Morgan fingerprint density at radius 2 is 1.29 bits per heavy atom. The van der Waals surface area contributed by atoms with Crippen molar-refractivity contribution in [3.05, 3.63) is 0 Å². The van der Waals surface area contributed by atoms with Gasteiger partial charge in [0.1, 0.15) is 0 Å². The van der Waals surface area contributed by atoms with Gasteiger partial charge in [0, 0.05) is 13.1 Å². The van der Waals surface area contributed by atoms with Crippen molar-refractivity contribution in [2.45, 2.75) is 65.2 Å². The number of nitrogens with zero attached hydrogens (tertiary/aromatic N) is 1. The van der Waals surface area contributed by atoms with Crippen LogP contribution in [0.4, 0.5) is 4.48 Å². The third kappa shape index (κ3) is 9.97. The molecule has 0 heterocycles. The average molecular weight is 203 g/mol. The molecule has 86 valence electrons. The summed E-state index contributed by atoms with van der Waals surface area (Å²) in [6.07, 6.45) is 10.2. The molecule has 0 atom stereocenters. The van der Waals surface area contributed by atoms with Gasteiger partial charge in [0.25, 0.3) is 0 Å². The molecule has 0 fully saturated rings. The van der Waals surface area contributed by atoms with Gasteiger partial charge < -0.3 is 0 Å². The van der Waals surface area contributed by atoms with Crippen LogP contribution in [0.5, 0.6) is 0 Å². The number of hydrogen-bond acceptors (Lipinski definition) is 1. The van der Waals surface area contributed by atoms with Gasteiger partial charge in [-0.2, -0.15) is 0 Å². The van der Waals surface area contributed by atoms with Gasteiger partial charge >= 0.3 is 0 Å². The molecule has 0 amide bonds. The lowest BCUT2D eigenvalue weighted by atomic mass is 10.1. The van der Waals surface area contributed by atoms with E-state index in [4.69, 9.17) is 0 Å². The van der Waals surface area contributed by atoms with Crippen molar-refractivity contribution >= 4 is 0 Å². The van der Waals surface area contributed by atoms with E-state index in [1.807, 2.05) is 6.92 Å². The van der Waals surface area contributed by atoms with Crippen molar-refractivity contribution in [2.24, 2.45) is 0 Å². The highest BCUT2D eigenvalue weighted by atomic mass is 19.2. The van der Waals surface area contributed by atoms with Gasteiger partial charge in [-0.05, 0) is 13.3 Å². The molecule has 0 aliphatic rings. The minimum Gasteiger partial charge on any atom is -0.147 e. The second-order valence-corrected chi connectivity index (χ2v) is 3.98. The predicted molar refractivity (Wildman–Crippen MR) is 61.0 cm³/mol. The fourth-order valence-corrected chi connectivity index (χ4v) is 1.58. The minimum atomic E-state index is 0.524. The van der Waals surface area contributed by atoms with Crippen molar-refractivity contribution in [3.63, 3.8) is 0 Å². The second-order valence-electron chi connectivity index (χ2n) is 3.98. The average Bonchev–Trinajstić information content (AvgIpc) is 2.21. The van der Waals surface area contributed by atoms with E-state index >= 15 is 0 Å². The summed E-state index contributed by atoms with van der Waals surface area (Å²) < 4.78 is 12.6. The van der Waals surface area contributed by atoms with E-state index in [-0.39, 0.29) is 0 Å². The molecular formula is C12H26FN. The molecule has 0 rings (SSSR count). The Kier molecular flexibility index (Phi) is 10.9. The molecule has 0 aromatic carbocycles. The molecule has 0 aromatic heterocycles. The number of halogens is 1. The van der Waals surface area contributed by atoms with Crippen molar-refractivity contribution in [3.8, 4) is 0 Å². The predicted octanol–water partition coefficient (Wildman–Crippen LogP) is 4.33. The van der Waals surface area contributed by atoms with Crippen molar-refractivity contribution in [2.75, 3.05) is 13.1 Å². The highest BCUT2D eigenvalue weighted by molar-refractivity contribution is 4.48. The monoisotopic (exact) mass is 203 g/mol. The molecule has 0 aromatic rings. The van der Waals surface area contributed by atoms with Crippen LogP contribution < -0.4 is 0 Å². The number of hydrogen-bond donors (Lipinski definition) is 0. The molecule has 0 spiro atoms. The van der Waals surface area contributed by atoms with Crippen LogP contribution in [-0.2, 0) is 0 Å². The third-order valence-corrected chi connectivity index (χ3v) is 2.60. The largest absolute Gasteiger partial charge is 0.147 e. The van der Waals surface area contributed by atoms with Gasteiger partial charge in [-0.3, -0.25) is 0 Å². The molecular weight excluding hydrogens is 177 g/mol. The fraction of sp³-hybridized carbons (Fsp3) is 1.00. The van der Waals surface area contributed by atoms with E-state index < -0.39 is 0 Å². The Morgan fingerprint density at radius 1 is 0.786 bits per heavy atom. The van der Waals surface area contributed by atoms with E-state index in [9.17, 15) is 4.48 Å². The summed E-state index contributed by atoms with van der Waals surface area (Å²) in [6, 6.07) is 0. The van der Waals surface area contributed by atoms with Crippen LogP contribution in [0.25, 0.3) is 0 Å². The third-order valence-electron chi connectivity index (χ3n) is 2.60. The standard InChI is InChI=1S/C12H26FN/c1-3-5-6-7-8-9-10-11-12-14(13)4-2/h3-12H2,1-2H3. The highest BCUT2D eigenvalue weighted by Crippen LogP contribution is 2.08. The SMILES string of the molecule is CCCCCCCCCCN(F)CC. The summed E-state index contributed by atoms with van der Waals surface area (Å²) in [6.45, 7) is 5.23. The lowest BCUT2D eigenvalue weighted by Crippen LogP contribution is -2.13. The first kappa shape index (κ1) is 13.9. The molecule has 1 nitrogen and oxygen atoms in total. The highest BCUT2D eigenvalue weighted by Gasteiger charge is 1.97. The second kappa shape index (κ2) is 11.0. The van der Waals surface area contributed by atoms with Crippen LogP contribution >= 0.6 is 0 Å². The molecule has 0 aliphatic heterocycles. The first-order valence-electron chi connectivity index (χ1n) is 6.22. The Bertz CT molecular complexity index is 106. The van der Waals surface area contributed by atoms with Crippen molar-refractivity contribution < 1.29 is 4.48 Å². The Balaban J connectivity index is 2.92. The zero-order valence-corrected chi connectivity index (χ0v) is 9.90. The quantitative estimate of drug-likeness (QED) is 0.377. The molecule has 0 N–H and O–H groups in total. The Morgan fingerprint density at radius 3 is 1.79 bits per heavy atom. The molecule has 14 heavy (non-hydrogen) atoms. The molecule has 0 saturated carbocycles. The fourth-order valence-electron chi connectivity index (χ4n) is 1.58. The summed E-state index contributed by atoms with van der Waals surface area (Å²) in [5, 5.41) is 0.900. The van der Waals surface area contributed by atoms with E-state index in [1.165, 1.54) is 44.9 Å². The Labute approximate surface area is 88.6 Å². The van der Waals surface area contributed by atoms with E-state index in [2.05, 4.69) is 6.92 Å². The number of rotatable bonds is 10. The zero-order valence-electron chi connectivity index (χ0n) is 9.90. The van der Waals surface area contributed by atoms with Gasteiger partial charge in [0.15, 0.2) is 0 Å². The Hall–Kier alpha value is -0.110. The lowest BCUT2D eigenvalue weighted by molar-refractivity contribution is 0.0301. The minimum absolute atomic E-state index is 0.524. The number of unbranched alkanes of at least 4 members (excludes halogenated alkanes) is 7. The van der Waals surface area contributed by atoms with Gasteiger partial charge in [-0.15, -0.1) is 9.60 Å². The normalized spacial score (nSPS) is 11.1. The van der Waals surface area contributed by atoms with Crippen LogP contribution in [0.2, 0.25) is 0 Å². The van der Waals surface area contributed by atoms with E-state index in [0.29, 0.717) is 13.1 Å². The first-order valence-corrected chi connectivity index (χ1v) is 6.22. The van der Waals surface area contributed by atoms with E-state index in [1.54, 1.807) is 0 Å². The van der Waals surface area contributed by atoms with E-state index in [0.717, 1.165) is 11.5 Å². The van der Waals surface area contributed by atoms with Gasteiger partial charge in [0.05, 0.1) is 0 Å². The summed E-state index contributed by atoms with van der Waals surface area (Å²) in [5.74, 6) is 0. The molecule has 0 aliphatic carbocycles. The van der Waals surface area contributed by atoms with Crippen LogP contribution in [0.3, 0.4) is 0 Å². The zero-order chi connectivity index (χ0) is 10.6. The van der Waals surface area contributed by atoms with Gasteiger partial charge in [-0.25, -0.2) is 0 Å². The summed E-state index contributed by atoms with van der Waals surface area (Å²) in [7, 11) is 0. The van der Waals surface area contributed by atoms with Crippen LogP contribution in [0.1, 0.15) is 65.2 Å². The molecule has 0 bridgehead atoms. The van der Waals surface area contributed by atoms with Crippen LogP contribution in [0.15, 0.2) is 0 Å². The molecule has 2 heteroatoms. The topological polar surface area (TPSA) is 3.24 Å². The maximum atomic E-state index is 12.6. The smallest absolute Gasteiger partial charge is 0.0290 e. The van der Waals surface area contributed by atoms with Gasteiger partial charge in [-0.1, -0.05) is 51.9 Å². The molecule has 0 radical (unpaired) electrons. The summed E-state index contributed by atoms with van der Waals surface area (Å²) in [5.41, 5.74) is 0. The maximum Gasteiger partial charge on any atom is 0.0290 e. The van der Waals surface area contributed by atoms with Gasteiger partial charge in [0.2, 0.25) is 0 Å². The molecule has 0 unspecified atom stereocenters. The van der Waals surface area contributed by atoms with Crippen LogP contribution in [-0.4, -0.2) is 18.2 Å². The van der Waals surface area contributed by atoms with Crippen molar-refractivity contribution in [1.29, 1.82) is 0 Å². The van der Waals surface area contributed by atoms with Crippen LogP contribution in [0, 0.1) is 0 Å². The van der Waals surface area contributed by atoms with Crippen molar-refractivity contribution in [1.82, 2.24) is 5.12 Å². The maximum absolute atomic E-state index is 12.6. The lowest BCUT2D eigenvalue weighted by Gasteiger charge is -2.07. The summed E-state index contributed by atoms with van der Waals surface area (Å²) >= 11 is 0. The summed E-state index contributed by atoms with van der Waals surface area (Å²) in [4.78, 5) is 0.